The Morgan fingerprint density at radius 1 is 0.684 bits per heavy atom. The molecule has 1 saturated carbocycles. The zero-order chi connectivity index (χ0) is 56.8. The number of carboxylic acid groups (broad SMARTS) is 3. The number of hydrogen-bond acceptors (Lipinski definition) is 12. The number of alkyl carbamates (subject to hydrolysis) is 1. The lowest BCUT2D eigenvalue weighted by Gasteiger charge is -2.33. The number of imidazole rings is 1. The van der Waals surface area contributed by atoms with Crippen LogP contribution in [-0.2, 0) is 57.6 Å². The molecule has 3 aromatic rings. The number of nitrogens with one attached hydrogen (secondary N) is 6. The first-order valence-corrected chi connectivity index (χ1v) is 26.1. The summed E-state index contributed by atoms with van der Waals surface area (Å²) in [5, 5.41) is 51.2. The van der Waals surface area contributed by atoms with Crippen molar-refractivity contribution in [2.45, 2.75) is 180 Å². The molecule has 7 atom stereocenters. The number of carbonyl (C=O) groups is 8. The fourth-order valence-electron chi connectivity index (χ4n) is 8.69. The smallest absolute Gasteiger partial charge is 0.408 e. The molecule has 0 spiro atoms. The Labute approximate surface area is 446 Å². The molecule has 12 N–H and O–H groups in total. The number of H-pyrrole nitrogens is 1. The van der Waals surface area contributed by atoms with Gasteiger partial charge in [-0.15, -0.1) is 0 Å². The van der Waals surface area contributed by atoms with E-state index in [1.165, 1.54) is 6.33 Å². The fraction of sp³-hybridized carbons (Fsp3) is 0.582. The van der Waals surface area contributed by atoms with E-state index in [0.29, 0.717) is 37.9 Å². The van der Waals surface area contributed by atoms with Crippen LogP contribution in [-0.4, -0.2) is 126 Å². The number of nitrogens with zero attached hydrogens (tertiary/aromatic N) is 1. The van der Waals surface area contributed by atoms with E-state index in [4.69, 9.17) is 30.3 Å². The Kier molecular flexibility index (Phi) is 29.7. The van der Waals surface area contributed by atoms with E-state index < -0.39 is 95.5 Å². The minimum Gasteiger partial charge on any atom is -0.481 e. The number of aliphatic hydroxyl groups is 1. The van der Waals surface area contributed by atoms with Crippen LogP contribution in [0.1, 0.15) is 136 Å². The third-order valence-electron chi connectivity index (χ3n) is 12.1. The average molecular weight is 1070 g/mol. The molecule has 2 aromatic carbocycles. The monoisotopic (exact) mass is 1060 g/mol. The number of benzene rings is 2. The van der Waals surface area contributed by atoms with Crippen LogP contribution < -0.4 is 32.3 Å². The number of carboxylic acids is 3. The van der Waals surface area contributed by atoms with Crippen molar-refractivity contribution in [2.24, 2.45) is 23.5 Å². The van der Waals surface area contributed by atoms with Crippen LogP contribution in [0.15, 0.2) is 73.2 Å². The maximum atomic E-state index is 14.6. The molecule has 1 aliphatic rings. The minimum atomic E-state index is -1.24. The molecule has 422 valence electrons. The van der Waals surface area contributed by atoms with Gasteiger partial charge in [0.2, 0.25) is 23.6 Å². The highest BCUT2D eigenvalue weighted by Crippen LogP contribution is 2.30. The summed E-state index contributed by atoms with van der Waals surface area (Å²) in [5.41, 5.74) is 6.99. The zero-order valence-corrected chi connectivity index (χ0v) is 45.2. The molecule has 4 rings (SSSR count). The van der Waals surface area contributed by atoms with Gasteiger partial charge in [-0.1, -0.05) is 107 Å². The first kappa shape index (κ1) is 65.2. The Bertz CT molecular complexity index is 2200. The lowest BCUT2D eigenvalue weighted by Crippen LogP contribution is -2.58. The molecular weight excluding hydrogens is 981 g/mol. The molecule has 0 saturated heterocycles. The predicted molar refractivity (Wildman–Crippen MR) is 285 cm³/mol. The van der Waals surface area contributed by atoms with Crippen molar-refractivity contribution in [1.29, 1.82) is 0 Å². The predicted octanol–water partition coefficient (Wildman–Crippen LogP) is 5.05. The van der Waals surface area contributed by atoms with Gasteiger partial charge in [0.1, 0.15) is 29.8 Å². The number of aromatic amines is 1. The number of rotatable bonds is 27. The van der Waals surface area contributed by atoms with Gasteiger partial charge in [0.15, 0.2) is 0 Å². The molecule has 0 bridgehead atoms. The molecule has 1 fully saturated rings. The Balaban J connectivity index is 0.00000230. The van der Waals surface area contributed by atoms with Crippen LogP contribution in [0.5, 0.6) is 0 Å². The van der Waals surface area contributed by atoms with Crippen molar-refractivity contribution in [3.8, 4) is 0 Å². The standard InChI is InChI=1S/C51H76N8O9.2C2H4O2/c1-33(2)25-37(45(61)55-39(23-15-16-24-52)46(62)58-43(49(65)66)28-36-21-13-8-14-22-36)29-44(60)40(26-34-17-9-6-10-18-34)56-48(64)42(30-38-31-53-32-54-38)57-47(63)41(27-35-19-11-7-12-20-35)59-50(67)68-51(3,4)5;2*1-2(3)4/h7-8,11-14,19-22,31-34,37,39-44,60H,6,9-10,15-18,23-30,52H2,1-5H3,(H,53,54)(H,55,61)(H,56,64)(H,57,63)(H,58,62)(H,59,67)(H,65,66);2*1H3,(H,3,4)/t37-,39+,40+,41+,42+,43+,44?;;/m1../s1. The summed E-state index contributed by atoms with van der Waals surface area (Å²) in [7, 11) is 0. The summed E-state index contributed by atoms with van der Waals surface area (Å²) in [6, 6.07) is 12.6. The van der Waals surface area contributed by atoms with Crippen molar-refractivity contribution < 1.29 is 63.5 Å². The third kappa shape index (κ3) is 28.1. The highest BCUT2D eigenvalue weighted by atomic mass is 16.6. The summed E-state index contributed by atoms with van der Waals surface area (Å²) >= 11 is 0. The van der Waals surface area contributed by atoms with Crippen LogP contribution in [0.3, 0.4) is 0 Å². The Hall–Kier alpha value is -6.87. The van der Waals surface area contributed by atoms with Gasteiger partial charge in [-0.25, -0.2) is 14.6 Å². The number of aromatic nitrogens is 2. The SMILES string of the molecule is CC(=O)O.CC(=O)O.CC(C)C[C@H](CC(O)[C@H](CC1CCCCC1)NC(=O)[C@H](Cc1cnc[nH]1)NC(=O)[C@H](Cc1ccccc1)NC(=O)OC(C)(C)C)C(=O)N[C@@H](CCCCN)C(=O)N[C@@H](Cc1ccccc1)C(=O)O. The number of carbonyl (C=O) groups excluding carboxylic acids is 5. The average Bonchev–Trinajstić information content (AvgIpc) is 3.85. The third-order valence-corrected chi connectivity index (χ3v) is 12.1. The van der Waals surface area contributed by atoms with Gasteiger partial charge in [-0.2, -0.15) is 0 Å². The van der Waals surface area contributed by atoms with Gasteiger partial charge in [-0.3, -0.25) is 28.8 Å². The lowest BCUT2D eigenvalue weighted by atomic mass is 9.81. The van der Waals surface area contributed by atoms with Gasteiger partial charge >= 0.3 is 12.1 Å². The number of ether oxygens (including phenoxy) is 1. The normalized spacial score (nSPS) is 15.2. The van der Waals surface area contributed by atoms with Gasteiger partial charge < -0.3 is 62.5 Å². The molecule has 21 heteroatoms. The van der Waals surface area contributed by atoms with Crippen LogP contribution in [0.25, 0.3) is 0 Å². The van der Waals surface area contributed by atoms with Crippen LogP contribution >= 0.6 is 0 Å². The summed E-state index contributed by atoms with van der Waals surface area (Å²) in [4.78, 5) is 107. The first-order valence-electron chi connectivity index (χ1n) is 26.1. The maximum Gasteiger partial charge on any atom is 0.408 e. The highest BCUT2D eigenvalue weighted by molar-refractivity contribution is 5.92. The van der Waals surface area contributed by atoms with E-state index in [9.17, 15) is 39.0 Å². The second-order valence-corrected chi connectivity index (χ2v) is 20.7. The molecule has 0 aliphatic heterocycles. The van der Waals surface area contributed by atoms with Crippen molar-refractivity contribution in [3.05, 3.63) is 90.0 Å². The van der Waals surface area contributed by atoms with Gasteiger partial charge in [-0.05, 0) is 88.8 Å². The summed E-state index contributed by atoms with van der Waals surface area (Å²) < 4.78 is 5.49. The van der Waals surface area contributed by atoms with E-state index in [0.717, 1.165) is 57.1 Å². The van der Waals surface area contributed by atoms with Crippen molar-refractivity contribution >= 4 is 47.6 Å². The topological polar surface area (TPSA) is 342 Å². The second-order valence-electron chi connectivity index (χ2n) is 20.7. The van der Waals surface area contributed by atoms with E-state index in [-0.39, 0.29) is 43.9 Å². The van der Waals surface area contributed by atoms with Crippen molar-refractivity contribution in [1.82, 2.24) is 36.6 Å². The fourth-order valence-corrected chi connectivity index (χ4v) is 8.69. The molecule has 1 heterocycles. The van der Waals surface area contributed by atoms with E-state index >= 15 is 0 Å². The Morgan fingerprint density at radius 3 is 1.68 bits per heavy atom. The molecule has 1 aromatic heterocycles. The number of hydrogen-bond donors (Lipinski definition) is 11. The Morgan fingerprint density at radius 2 is 1.18 bits per heavy atom. The number of amides is 5. The molecule has 1 aliphatic carbocycles. The van der Waals surface area contributed by atoms with Gasteiger partial charge in [0.25, 0.3) is 11.9 Å². The van der Waals surface area contributed by atoms with Gasteiger partial charge in [0, 0.05) is 50.9 Å². The van der Waals surface area contributed by atoms with Gasteiger partial charge in [0.05, 0.1) is 18.5 Å². The highest BCUT2D eigenvalue weighted by Gasteiger charge is 2.36. The number of aliphatic carboxylic acids is 3. The second kappa shape index (κ2) is 34.7. The van der Waals surface area contributed by atoms with Crippen molar-refractivity contribution in [3.63, 3.8) is 0 Å². The molecule has 1 unspecified atom stereocenters. The first-order chi connectivity index (χ1) is 35.9. The lowest BCUT2D eigenvalue weighted by molar-refractivity contribution is -0.142. The van der Waals surface area contributed by atoms with Crippen LogP contribution in [0.2, 0.25) is 0 Å². The summed E-state index contributed by atoms with van der Waals surface area (Å²) in [5.74, 6) is -5.80. The molecule has 21 nitrogen and oxygen atoms in total. The number of nitrogens with two attached hydrogens (primary N) is 1. The molecular formula is C55H84N8O13. The molecule has 5 amide bonds. The van der Waals surface area contributed by atoms with Crippen LogP contribution in [0.4, 0.5) is 4.79 Å². The van der Waals surface area contributed by atoms with E-state index in [1.807, 2.05) is 50.2 Å². The zero-order valence-electron chi connectivity index (χ0n) is 45.2. The largest absolute Gasteiger partial charge is 0.481 e. The van der Waals surface area contributed by atoms with Crippen LogP contribution in [0, 0.1) is 17.8 Å². The minimum absolute atomic E-state index is 0.00300. The van der Waals surface area contributed by atoms with E-state index in [1.54, 1.807) is 51.2 Å². The van der Waals surface area contributed by atoms with Crippen molar-refractivity contribution in [2.75, 3.05) is 6.54 Å². The summed E-state index contributed by atoms with van der Waals surface area (Å²) in [6.07, 6.45) is 8.08. The molecule has 0 radical (unpaired) electrons. The van der Waals surface area contributed by atoms with E-state index in [2.05, 4.69) is 36.6 Å². The summed E-state index contributed by atoms with van der Waals surface area (Å²) in [6.45, 7) is 11.6. The maximum absolute atomic E-state index is 14.6. The quantitative estimate of drug-likeness (QED) is 0.0445. The number of aliphatic hydroxyl groups excluding tert-OH is 1. The molecule has 76 heavy (non-hydrogen) atoms. The number of unbranched alkanes of at least 4 members (excludes halogenated alkanes) is 1.